The van der Waals surface area contributed by atoms with E-state index in [9.17, 15) is 8.42 Å². The van der Waals surface area contributed by atoms with E-state index in [4.69, 9.17) is 5.73 Å². The monoisotopic (exact) mass is 331 g/mol. The van der Waals surface area contributed by atoms with Gasteiger partial charge in [-0.2, -0.15) is 4.80 Å². The largest absolute Gasteiger partial charge is 0.399 e. The van der Waals surface area contributed by atoms with Gasteiger partial charge in [-0.1, -0.05) is 0 Å². The lowest BCUT2D eigenvalue weighted by atomic mass is 10.3. The molecule has 0 amide bonds. The molecule has 0 radical (unpaired) electrons. The van der Waals surface area contributed by atoms with Crippen molar-refractivity contribution in [1.29, 1.82) is 0 Å². The van der Waals surface area contributed by atoms with E-state index in [2.05, 4.69) is 31.3 Å². The number of halogens is 1. The Morgan fingerprint density at radius 2 is 2.17 bits per heavy atom. The third-order valence-corrected chi connectivity index (χ3v) is 4.74. The normalized spacial score (nSPS) is 11.7. The summed E-state index contributed by atoms with van der Waals surface area (Å²) in [6.07, 6.45) is 0. The van der Waals surface area contributed by atoms with Gasteiger partial charge in [0.25, 0.3) is 0 Å². The van der Waals surface area contributed by atoms with Crippen LogP contribution in [-0.4, -0.2) is 28.6 Å². The maximum atomic E-state index is 12.2. The third kappa shape index (κ3) is 2.67. The van der Waals surface area contributed by atoms with Gasteiger partial charge >= 0.3 is 0 Å². The van der Waals surface area contributed by atoms with Crippen molar-refractivity contribution in [2.24, 2.45) is 7.05 Å². The molecule has 2 N–H and O–H groups in total. The summed E-state index contributed by atoms with van der Waals surface area (Å²) >= 11 is 3.18. The molecule has 0 aliphatic heterocycles. The molecule has 0 saturated heterocycles. The predicted octanol–water partition coefficient (Wildman–Crippen LogP) is 0.529. The van der Waals surface area contributed by atoms with Gasteiger partial charge < -0.3 is 5.73 Å². The van der Waals surface area contributed by atoms with E-state index in [0.29, 0.717) is 10.2 Å². The molecule has 0 atom stereocenters. The molecule has 2 aromatic rings. The standard InChI is InChI=1S/C9H10BrN5O2S/c1-15-13-9(12-14-15)5-18(16,17)8-3-2-6(11)4-7(8)10/h2-4H,5,11H2,1H3. The van der Waals surface area contributed by atoms with Crippen molar-refractivity contribution in [3.8, 4) is 0 Å². The second-order valence-electron chi connectivity index (χ2n) is 3.64. The van der Waals surface area contributed by atoms with Crippen LogP contribution in [0.3, 0.4) is 0 Å². The van der Waals surface area contributed by atoms with Crippen LogP contribution in [-0.2, 0) is 22.6 Å². The fraction of sp³-hybridized carbons (Fsp3) is 0.222. The molecule has 7 nitrogen and oxygen atoms in total. The fourth-order valence-corrected chi connectivity index (χ4v) is 3.78. The molecule has 0 aliphatic carbocycles. The van der Waals surface area contributed by atoms with Crippen molar-refractivity contribution in [3.63, 3.8) is 0 Å². The molecule has 18 heavy (non-hydrogen) atoms. The van der Waals surface area contributed by atoms with Crippen LogP contribution in [0.25, 0.3) is 0 Å². The Labute approximate surface area is 112 Å². The number of nitrogens with zero attached hydrogens (tertiary/aromatic N) is 4. The molecule has 0 fully saturated rings. The van der Waals surface area contributed by atoms with Gasteiger partial charge in [-0.3, -0.25) is 0 Å². The summed E-state index contributed by atoms with van der Waals surface area (Å²) < 4.78 is 24.7. The fourth-order valence-electron chi connectivity index (χ4n) is 1.40. The smallest absolute Gasteiger partial charge is 0.190 e. The molecule has 0 unspecified atom stereocenters. The number of benzene rings is 1. The van der Waals surface area contributed by atoms with Gasteiger partial charge in [0.05, 0.1) is 11.9 Å². The zero-order valence-corrected chi connectivity index (χ0v) is 11.8. The highest BCUT2D eigenvalue weighted by molar-refractivity contribution is 9.10. The highest BCUT2D eigenvalue weighted by Gasteiger charge is 2.21. The molecular formula is C9H10BrN5O2S. The predicted molar refractivity (Wildman–Crippen MR) is 68.2 cm³/mol. The highest BCUT2D eigenvalue weighted by Crippen LogP contribution is 2.26. The van der Waals surface area contributed by atoms with E-state index in [1.54, 1.807) is 7.05 Å². The summed E-state index contributed by atoms with van der Waals surface area (Å²) in [5.41, 5.74) is 6.05. The quantitative estimate of drug-likeness (QED) is 0.822. The van der Waals surface area contributed by atoms with E-state index < -0.39 is 9.84 Å². The van der Waals surface area contributed by atoms with Gasteiger partial charge in [0.1, 0.15) is 5.75 Å². The summed E-state index contributed by atoms with van der Waals surface area (Å²) in [5, 5.41) is 11.1. The Morgan fingerprint density at radius 3 is 2.72 bits per heavy atom. The maximum absolute atomic E-state index is 12.2. The van der Waals surface area contributed by atoms with Gasteiger partial charge in [0.15, 0.2) is 15.7 Å². The lowest BCUT2D eigenvalue weighted by Gasteiger charge is -2.05. The number of rotatable bonds is 3. The lowest BCUT2D eigenvalue weighted by molar-refractivity contribution is 0.592. The van der Waals surface area contributed by atoms with Crippen molar-refractivity contribution < 1.29 is 8.42 Å². The third-order valence-electron chi connectivity index (χ3n) is 2.16. The zero-order valence-electron chi connectivity index (χ0n) is 9.41. The molecule has 9 heteroatoms. The molecule has 1 aromatic carbocycles. The Bertz CT molecular complexity index is 682. The summed E-state index contributed by atoms with van der Waals surface area (Å²) in [5.74, 6) is -0.148. The second kappa shape index (κ2) is 4.65. The molecule has 0 saturated carbocycles. The van der Waals surface area contributed by atoms with Crippen LogP contribution in [0.4, 0.5) is 5.69 Å². The van der Waals surface area contributed by atoms with E-state index in [-0.39, 0.29) is 16.5 Å². The van der Waals surface area contributed by atoms with Crippen molar-refractivity contribution in [1.82, 2.24) is 20.2 Å². The van der Waals surface area contributed by atoms with Crippen molar-refractivity contribution in [2.45, 2.75) is 10.6 Å². The first-order valence-corrected chi connectivity index (χ1v) is 7.34. The molecule has 2 rings (SSSR count). The molecule has 0 spiro atoms. The van der Waals surface area contributed by atoms with Crippen molar-refractivity contribution >= 4 is 31.5 Å². The first-order chi connectivity index (χ1) is 8.38. The van der Waals surface area contributed by atoms with Gasteiger partial charge in [0.2, 0.25) is 0 Å². The highest BCUT2D eigenvalue weighted by atomic mass is 79.9. The van der Waals surface area contributed by atoms with Crippen LogP contribution >= 0.6 is 15.9 Å². The number of nitrogen functional groups attached to an aromatic ring is 1. The van der Waals surface area contributed by atoms with Crippen molar-refractivity contribution in [2.75, 3.05) is 5.73 Å². The first kappa shape index (κ1) is 13.0. The topological polar surface area (TPSA) is 104 Å². The first-order valence-electron chi connectivity index (χ1n) is 4.89. The Kier molecular flexibility index (Phi) is 3.35. The van der Waals surface area contributed by atoms with Gasteiger partial charge in [-0.05, 0) is 39.3 Å². The van der Waals surface area contributed by atoms with Crippen LogP contribution in [0, 0.1) is 0 Å². The number of anilines is 1. The second-order valence-corrected chi connectivity index (χ2v) is 6.46. The minimum absolute atomic E-state index is 0.154. The van der Waals surface area contributed by atoms with E-state index in [1.807, 2.05) is 0 Å². The maximum Gasteiger partial charge on any atom is 0.190 e. The molecule has 96 valence electrons. The number of aryl methyl sites for hydroxylation is 1. The van der Waals surface area contributed by atoms with Crippen LogP contribution < -0.4 is 5.73 Å². The van der Waals surface area contributed by atoms with E-state index >= 15 is 0 Å². The molecule has 0 aliphatic rings. The molecular weight excluding hydrogens is 322 g/mol. The average Bonchev–Trinajstić information content (AvgIpc) is 2.62. The molecule has 1 heterocycles. The SMILES string of the molecule is Cn1nnc(CS(=O)(=O)c2ccc(N)cc2Br)n1. The minimum Gasteiger partial charge on any atom is -0.399 e. The van der Waals surface area contributed by atoms with Gasteiger partial charge in [-0.15, -0.1) is 10.2 Å². The summed E-state index contributed by atoms with van der Waals surface area (Å²) in [6, 6.07) is 4.52. The average molecular weight is 332 g/mol. The summed E-state index contributed by atoms with van der Waals surface area (Å²) in [6.45, 7) is 0. The number of aromatic nitrogens is 4. The molecule has 0 bridgehead atoms. The number of tetrazole rings is 1. The van der Waals surface area contributed by atoms with E-state index in [0.717, 1.165) is 0 Å². The van der Waals surface area contributed by atoms with Gasteiger partial charge in [0, 0.05) is 10.2 Å². The number of nitrogens with two attached hydrogens (primary N) is 1. The minimum atomic E-state index is -3.53. The Morgan fingerprint density at radius 1 is 1.44 bits per heavy atom. The van der Waals surface area contributed by atoms with Gasteiger partial charge in [-0.25, -0.2) is 8.42 Å². The van der Waals surface area contributed by atoms with Crippen LogP contribution in [0.15, 0.2) is 27.6 Å². The summed E-state index contributed by atoms with van der Waals surface area (Å²) in [7, 11) is -1.96. The lowest BCUT2D eigenvalue weighted by Crippen LogP contribution is -2.08. The van der Waals surface area contributed by atoms with Crippen LogP contribution in [0.2, 0.25) is 0 Å². The van der Waals surface area contributed by atoms with Crippen molar-refractivity contribution in [3.05, 3.63) is 28.5 Å². The number of hydrogen-bond acceptors (Lipinski definition) is 6. The Balaban J connectivity index is 2.36. The number of hydrogen-bond donors (Lipinski definition) is 1. The summed E-state index contributed by atoms with van der Waals surface area (Å²) in [4.78, 5) is 1.37. The van der Waals surface area contributed by atoms with E-state index in [1.165, 1.54) is 23.0 Å². The zero-order chi connectivity index (χ0) is 13.3. The molecule has 1 aromatic heterocycles. The number of sulfone groups is 1. The van der Waals surface area contributed by atoms with Crippen LogP contribution in [0.5, 0.6) is 0 Å². The van der Waals surface area contributed by atoms with Crippen LogP contribution in [0.1, 0.15) is 5.82 Å². The Hall–Kier alpha value is -1.48.